The fourth-order valence-electron chi connectivity index (χ4n) is 5.56. The number of hydrogen-bond acceptors (Lipinski definition) is 6. The average molecular weight is 537 g/mol. The molecule has 0 radical (unpaired) electrons. The predicted molar refractivity (Wildman–Crippen MR) is 148 cm³/mol. The molecule has 1 amide bonds. The number of methoxy groups -OCH3 is 1. The van der Waals surface area contributed by atoms with E-state index in [1.807, 2.05) is 4.90 Å². The second-order valence-electron chi connectivity index (χ2n) is 10.2. The van der Waals surface area contributed by atoms with Gasteiger partial charge in [-0.15, -0.1) is 0 Å². The first-order chi connectivity index (χ1) is 18.3. The SMILES string of the molecule is COC1=C2CCN(C(=O)Cc3ccc(NS(=O)(=O)c4ccccc4)cc3)C=C2C(N2CCN(C)CC2)CC1. The number of fused-ring (bicyclic) bond motifs is 1. The van der Waals surface area contributed by atoms with Gasteiger partial charge >= 0.3 is 0 Å². The van der Waals surface area contributed by atoms with Crippen molar-refractivity contribution < 1.29 is 17.9 Å². The van der Waals surface area contributed by atoms with Crippen molar-refractivity contribution in [2.24, 2.45) is 0 Å². The number of sulfonamides is 1. The quantitative estimate of drug-likeness (QED) is 0.584. The third-order valence-corrected chi connectivity index (χ3v) is 9.14. The van der Waals surface area contributed by atoms with Crippen LogP contribution in [-0.4, -0.2) is 81.9 Å². The summed E-state index contributed by atoms with van der Waals surface area (Å²) in [6, 6.07) is 15.6. The molecular formula is C29H36N4O4S. The summed E-state index contributed by atoms with van der Waals surface area (Å²) in [6.45, 7) is 4.81. The Labute approximate surface area is 225 Å². The minimum Gasteiger partial charge on any atom is -0.501 e. The van der Waals surface area contributed by atoms with Crippen LogP contribution >= 0.6 is 0 Å². The Balaban J connectivity index is 1.28. The van der Waals surface area contributed by atoms with Crippen molar-refractivity contribution in [3.05, 3.63) is 83.3 Å². The van der Waals surface area contributed by atoms with Crippen LogP contribution in [0, 0.1) is 0 Å². The summed E-state index contributed by atoms with van der Waals surface area (Å²) in [4.78, 5) is 20.3. The number of hydrogen-bond donors (Lipinski definition) is 1. The van der Waals surface area contributed by atoms with Crippen LogP contribution < -0.4 is 4.72 Å². The molecule has 3 aliphatic rings. The van der Waals surface area contributed by atoms with E-state index in [1.54, 1.807) is 61.7 Å². The van der Waals surface area contributed by atoms with Gasteiger partial charge in [0.05, 0.1) is 24.2 Å². The summed E-state index contributed by atoms with van der Waals surface area (Å²) in [5.41, 5.74) is 3.79. The molecule has 9 heteroatoms. The molecule has 0 aromatic heterocycles. The van der Waals surface area contributed by atoms with Gasteiger partial charge in [-0.1, -0.05) is 30.3 Å². The van der Waals surface area contributed by atoms with Crippen molar-refractivity contribution in [3.8, 4) is 0 Å². The number of benzene rings is 2. The maximum atomic E-state index is 13.3. The smallest absolute Gasteiger partial charge is 0.261 e. The predicted octanol–water partition coefficient (Wildman–Crippen LogP) is 3.46. The lowest BCUT2D eigenvalue weighted by atomic mass is 9.83. The number of carbonyl (C=O) groups is 1. The first-order valence-electron chi connectivity index (χ1n) is 13.2. The molecule has 1 atom stereocenters. The topological polar surface area (TPSA) is 82.2 Å². The Hall–Kier alpha value is -3.14. The molecule has 202 valence electrons. The second-order valence-corrected chi connectivity index (χ2v) is 11.9. The van der Waals surface area contributed by atoms with Crippen molar-refractivity contribution in [2.45, 2.75) is 36.6 Å². The average Bonchev–Trinajstić information content (AvgIpc) is 2.94. The summed E-state index contributed by atoms with van der Waals surface area (Å²) in [5, 5.41) is 0. The number of amides is 1. The monoisotopic (exact) mass is 536 g/mol. The van der Waals surface area contributed by atoms with E-state index in [1.165, 1.54) is 11.1 Å². The lowest BCUT2D eigenvalue weighted by molar-refractivity contribution is -0.128. The molecule has 0 spiro atoms. The van der Waals surface area contributed by atoms with Crippen LogP contribution in [0.15, 0.2) is 82.6 Å². The van der Waals surface area contributed by atoms with E-state index < -0.39 is 10.0 Å². The van der Waals surface area contributed by atoms with Gasteiger partial charge in [-0.05, 0) is 60.9 Å². The van der Waals surface area contributed by atoms with Crippen LogP contribution in [-0.2, 0) is 26.0 Å². The summed E-state index contributed by atoms with van der Waals surface area (Å²) in [7, 11) is 0.255. The van der Waals surface area contributed by atoms with Crippen molar-refractivity contribution in [3.63, 3.8) is 0 Å². The molecule has 38 heavy (non-hydrogen) atoms. The maximum absolute atomic E-state index is 13.3. The Bertz CT molecular complexity index is 1310. The molecule has 1 N–H and O–H groups in total. The zero-order chi connectivity index (χ0) is 26.7. The van der Waals surface area contributed by atoms with Gasteiger partial charge in [0.1, 0.15) is 0 Å². The van der Waals surface area contributed by atoms with E-state index in [0.717, 1.165) is 56.8 Å². The summed E-state index contributed by atoms with van der Waals surface area (Å²) < 4.78 is 33.5. The lowest BCUT2D eigenvalue weighted by Gasteiger charge is -2.43. The van der Waals surface area contributed by atoms with Gasteiger partial charge in [-0.3, -0.25) is 14.4 Å². The number of likely N-dealkylation sites (N-methyl/N-ethyl adjacent to an activating group) is 1. The third kappa shape index (κ3) is 5.80. The molecule has 1 unspecified atom stereocenters. The molecule has 2 aromatic carbocycles. The molecule has 0 saturated carbocycles. The van der Waals surface area contributed by atoms with Crippen LogP contribution in [0.1, 0.15) is 24.8 Å². The minimum absolute atomic E-state index is 0.0378. The van der Waals surface area contributed by atoms with Crippen LogP contribution in [0.25, 0.3) is 0 Å². The Morgan fingerprint density at radius 3 is 2.37 bits per heavy atom. The normalized spacial score (nSPS) is 21.1. The van der Waals surface area contributed by atoms with Gasteiger partial charge in [0, 0.05) is 57.1 Å². The van der Waals surface area contributed by atoms with Crippen LogP contribution in [0.5, 0.6) is 0 Å². The Morgan fingerprint density at radius 1 is 0.974 bits per heavy atom. The third-order valence-electron chi connectivity index (χ3n) is 7.75. The molecule has 0 bridgehead atoms. The van der Waals surface area contributed by atoms with E-state index in [4.69, 9.17) is 4.74 Å². The molecule has 2 aliphatic heterocycles. The fraction of sp³-hybridized carbons (Fsp3) is 0.414. The lowest BCUT2D eigenvalue weighted by Crippen LogP contribution is -2.51. The Morgan fingerprint density at radius 2 is 1.68 bits per heavy atom. The van der Waals surface area contributed by atoms with Gasteiger partial charge in [0.2, 0.25) is 5.91 Å². The van der Waals surface area contributed by atoms with Crippen LogP contribution in [0.4, 0.5) is 5.69 Å². The van der Waals surface area contributed by atoms with E-state index in [0.29, 0.717) is 18.3 Å². The molecule has 2 heterocycles. The summed E-state index contributed by atoms with van der Waals surface area (Å²) >= 11 is 0. The molecular weight excluding hydrogens is 500 g/mol. The molecule has 1 saturated heterocycles. The highest BCUT2D eigenvalue weighted by atomic mass is 32.2. The van der Waals surface area contributed by atoms with Gasteiger partial charge in [0.25, 0.3) is 10.0 Å². The zero-order valence-corrected chi connectivity index (χ0v) is 22.9. The van der Waals surface area contributed by atoms with Crippen LogP contribution in [0.3, 0.4) is 0 Å². The highest BCUT2D eigenvalue weighted by Crippen LogP contribution is 2.38. The van der Waals surface area contributed by atoms with Crippen molar-refractivity contribution in [2.75, 3.05) is 51.6 Å². The number of nitrogens with one attached hydrogen (secondary N) is 1. The van der Waals surface area contributed by atoms with E-state index >= 15 is 0 Å². The van der Waals surface area contributed by atoms with Crippen molar-refractivity contribution >= 4 is 21.6 Å². The van der Waals surface area contributed by atoms with Crippen molar-refractivity contribution in [1.29, 1.82) is 0 Å². The standard InChI is InChI=1S/C29H36N4O4S/c1-31-16-18-32(19-17-31)27-12-13-28(37-2)25-14-15-33(21-26(25)27)29(34)20-22-8-10-23(11-9-22)30-38(35,36)24-6-4-3-5-7-24/h3-11,21,27,30H,12-20H2,1-2H3. The van der Waals surface area contributed by atoms with Crippen LogP contribution in [0.2, 0.25) is 0 Å². The highest BCUT2D eigenvalue weighted by Gasteiger charge is 2.35. The molecule has 2 aromatic rings. The van der Waals surface area contributed by atoms with Crippen molar-refractivity contribution in [1.82, 2.24) is 14.7 Å². The number of carbonyl (C=O) groups excluding carboxylic acids is 1. The Kier molecular flexibility index (Phi) is 7.88. The number of ether oxygens (including phenoxy) is 1. The number of allylic oxidation sites excluding steroid dienone is 1. The molecule has 1 fully saturated rings. The summed E-state index contributed by atoms with van der Waals surface area (Å²) in [6.07, 6.45) is 5.06. The number of nitrogens with zero attached hydrogens (tertiary/aromatic N) is 3. The number of anilines is 1. The van der Waals surface area contributed by atoms with E-state index in [-0.39, 0.29) is 17.2 Å². The zero-order valence-electron chi connectivity index (χ0n) is 22.1. The maximum Gasteiger partial charge on any atom is 0.261 e. The van der Waals surface area contributed by atoms with E-state index in [9.17, 15) is 13.2 Å². The number of piperazine rings is 1. The molecule has 8 nitrogen and oxygen atoms in total. The number of rotatable bonds is 7. The van der Waals surface area contributed by atoms with Gasteiger partial charge in [0.15, 0.2) is 0 Å². The summed E-state index contributed by atoms with van der Waals surface area (Å²) in [5.74, 6) is 1.10. The fourth-order valence-corrected chi connectivity index (χ4v) is 6.64. The first-order valence-corrected chi connectivity index (χ1v) is 14.7. The van der Waals surface area contributed by atoms with Gasteiger partial charge in [-0.25, -0.2) is 8.42 Å². The second kappa shape index (κ2) is 11.3. The van der Waals surface area contributed by atoms with Gasteiger partial charge < -0.3 is 14.5 Å². The van der Waals surface area contributed by atoms with E-state index in [2.05, 4.69) is 27.8 Å². The highest BCUT2D eigenvalue weighted by molar-refractivity contribution is 7.92. The molecule has 1 aliphatic carbocycles. The van der Waals surface area contributed by atoms with Gasteiger partial charge in [-0.2, -0.15) is 0 Å². The first kappa shape index (κ1) is 26.5. The minimum atomic E-state index is -3.66. The largest absolute Gasteiger partial charge is 0.501 e. The molecule has 5 rings (SSSR count).